The average Bonchev–Trinajstić information content (AvgIpc) is 2.59. The fourth-order valence-corrected chi connectivity index (χ4v) is 2.72. The maximum Gasteiger partial charge on any atom is 0.288 e. The highest BCUT2D eigenvalue weighted by molar-refractivity contribution is 6.32. The van der Waals surface area contributed by atoms with Crippen LogP contribution in [-0.2, 0) is 4.79 Å². The van der Waals surface area contributed by atoms with Crippen LogP contribution in [0.2, 0.25) is 10.0 Å². The van der Waals surface area contributed by atoms with Gasteiger partial charge in [0, 0.05) is 22.3 Å². The molecule has 2 aromatic carbocycles. The Kier molecular flexibility index (Phi) is 6.76. The first-order valence-electron chi connectivity index (χ1n) is 8.00. The number of halogens is 2. The molecule has 0 aliphatic heterocycles. The zero-order valence-corrected chi connectivity index (χ0v) is 16.0. The second-order valence-electron chi connectivity index (χ2n) is 6.12. The van der Waals surface area contributed by atoms with Crippen LogP contribution in [0.5, 0.6) is 0 Å². The second-order valence-corrected chi connectivity index (χ2v) is 6.96. The summed E-state index contributed by atoms with van der Waals surface area (Å²) in [7, 11) is 0. The van der Waals surface area contributed by atoms with E-state index < -0.39 is 22.8 Å². The van der Waals surface area contributed by atoms with Gasteiger partial charge in [0.05, 0.1) is 4.92 Å². The van der Waals surface area contributed by atoms with Gasteiger partial charge in [-0.3, -0.25) is 19.7 Å². The van der Waals surface area contributed by atoms with Gasteiger partial charge in [0.1, 0.15) is 11.1 Å². The molecule has 0 saturated carbocycles. The van der Waals surface area contributed by atoms with Gasteiger partial charge in [-0.2, -0.15) is 0 Å². The Morgan fingerprint density at radius 2 is 1.81 bits per heavy atom. The number of nitro benzene ring substituents is 1. The van der Waals surface area contributed by atoms with Crippen molar-refractivity contribution in [2.75, 3.05) is 5.32 Å². The quantitative estimate of drug-likeness (QED) is 0.548. The Bertz CT molecular complexity index is 887. The van der Waals surface area contributed by atoms with Gasteiger partial charge >= 0.3 is 0 Å². The number of hydrogen-bond acceptors (Lipinski definition) is 4. The van der Waals surface area contributed by atoms with Crippen molar-refractivity contribution < 1.29 is 14.5 Å². The van der Waals surface area contributed by atoms with Crippen LogP contribution in [0.15, 0.2) is 42.5 Å². The molecule has 2 amide bonds. The summed E-state index contributed by atoms with van der Waals surface area (Å²) < 4.78 is 0. The van der Waals surface area contributed by atoms with Crippen LogP contribution in [0.25, 0.3) is 0 Å². The highest BCUT2D eigenvalue weighted by Crippen LogP contribution is 2.25. The monoisotopic (exact) mass is 409 g/mol. The molecule has 9 heteroatoms. The molecule has 0 bridgehead atoms. The largest absolute Gasteiger partial charge is 0.340 e. The molecule has 0 aliphatic rings. The molecule has 0 fully saturated rings. The number of hydrogen-bond donors (Lipinski definition) is 2. The van der Waals surface area contributed by atoms with Crippen LogP contribution in [0.3, 0.4) is 0 Å². The normalized spacial score (nSPS) is 11.7. The summed E-state index contributed by atoms with van der Waals surface area (Å²) in [5.74, 6) is -1.27. The number of rotatable bonds is 6. The summed E-state index contributed by atoms with van der Waals surface area (Å²) in [6.07, 6.45) is 0. The van der Waals surface area contributed by atoms with Crippen molar-refractivity contribution in [3.8, 4) is 0 Å². The van der Waals surface area contributed by atoms with E-state index in [0.29, 0.717) is 10.7 Å². The lowest BCUT2D eigenvalue weighted by Crippen LogP contribution is -2.47. The predicted molar refractivity (Wildman–Crippen MR) is 104 cm³/mol. The van der Waals surface area contributed by atoms with Gasteiger partial charge in [-0.15, -0.1) is 0 Å². The number of benzene rings is 2. The van der Waals surface area contributed by atoms with Crippen LogP contribution in [0.1, 0.15) is 24.2 Å². The van der Waals surface area contributed by atoms with Crippen LogP contribution in [0.4, 0.5) is 11.4 Å². The van der Waals surface area contributed by atoms with Gasteiger partial charge in [0.15, 0.2) is 0 Å². The Hall–Kier alpha value is -2.64. The summed E-state index contributed by atoms with van der Waals surface area (Å²) >= 11 is 11.7. The summed E-state index contributed by atoms with van der Waals surface area (Å²) in [6, 6.07) is 9.46. The van der Waals surface area contributed by atoms with Crippen molar-refractivity contribution in [2.45, 2.75) is 19.9 Å². The number of nitrogens with zero attached hydrogens (tertiary/aromatic N) is 1. The van der Waals surface area contributed by atoms with Crippen molar-refractivity contribution in [1.29, 1.82) is 0 Å². The summed E-state index contributed by atoms with van der Waals surface area (Å²) in [5, 5.41) is 16.7. The molecular weight excluding hydrogens is 393 g/mol. The third-order valence-corrected chi connectivity index (χ3v) is 4.29. The van der Waals surface area contributed by atoms with E-state index in [4.69, 9.17) is 23.2 Å². The van der Waals surface area contributed by atoms with E-state index in [-0.39, 0.29) is 22.2 Å². The van der Waals surface area contributed by atoms with Crippen molar-refractivity contribution >= 4 is 46.4 Å². The maximum absolute atomic E-state index is 12.6. The van der Waals surface area contributed by atoms with E-state index in [2.05, 4.69) is 10.6 Å². The van der Waals surface area contributed by atoms with Crippen molar-refractivity contribution in [3.63, 3.8) is 0 Å². The first kappa shape index (κ1) is 20.7. The molecule has 0 heterocycles. The Balaban J connectivity index is 2.18. The first-order valence-corrected chi connectivity index (χ1v) is 8.76. The van der Waals surface area contributed by atoms with Crippen LogP contribution < -0.4 is 10.6 Å². The summed E-state index contributed by atoms with van der Waals surface area (Å²) in [6.45, 7) is 3.54. The molecule has 0 aromatic heterocycles. The van der Waals surface area contributed by atoms with Gasteiger partial charge < -0.3 is 10.6 Å². The molecule has 0 radical (unpaired) electrons. The standard InChI is InChI=1S/C18H17Cl2N3O4/c1-10(2)16(18(25)21-13-5-3-4-12(19)9-13)22-17(24)11-6-7-14(20)15(8-11)23(26)27/h3-10,16H,1-2H3,(H,21,25)(H,22,24). The Morgan fingerprint density at radius 1 is 1.11 bits per heavy atom. The van der Waals surface area contributed by atoms with E-state index in [1.165, 1.54) is 12.1 Å². The minimum Gasteiger partial charge on any atom is -0.340 e. The number of carbonyl (C=O) groups excluding carboxylic acids is 2. The van der Waals surface area contributed by atoms with E-state index in [0.717, 1.165) is 6.07 Å². The predicted octanol–water partition coefficient (Wildman–Crippen LogP) is 4.29. The van der Waals surface area contributed by atoms with E-state index in [9.17, 15) is 19.7 Å². The number of carbonyl (C=O) groups is 2. The Labute approximate surface area is 165 Å². The van der Waals surface area contributed by atoms with E-state index in [1.54, 1.807) is 38.1 Å². The minimum atomic E-state index is -0.855. The summed E-state index contributed by atoms with van der Waals surface area (Å²) in [5.41, 5.74) is 0.149. The number of anilines is 1. The lowest BCUT2D eigenvalue weighted by Gasteiger charge is -2.22. The maximum atomic E-state index is 12.6. The Morgan fingerprint density at radius 3 is 2.41 bits per heavy atom. The molecule has 1 atom stereocenters. The van der Waals surface area contributed by atoms with Gasteiger partial charge in [0.2, 0.25) is 5.91 Å². The molecule has 0 saturated heterocycles. The van der Waals surface area contributed by atoms with Crippen LogP contribution in [-0.4, -0.2) is 22.8 Å². The number of nitrogens with one attached hydrogen (secondary N) is 2. The highest BCUT2D eigenvalue weighted by Gasteiger charge is 2.26. The number of amides is 2. The fraction of sp³-hybridized carbons (Fsp3) is 0.222. The lowest BCUT2D eigenvalue weighted by atomic mass is 10.0. The SMILES string of the molecule is CC(C)C(NC(=O)c1ccc(Cl)c([N+](=O)[O-])c1)C(=O)Nc1cccc(Cl)c1. The molecule has 7 nitrogen and oxygen atoms in total. The zero-order chi connectivity index (χ0) is 20.1. The molecule has 2 rings (SSSR count). The smallest absolute Gasteiger partial charge is 0.288 e. The third kappa shape index (κ3) is 5.42. The molecule has 0 aliphatic carbocycles. The first-order chi connectivity index (χ1) is 12.7. The third-order valence-electron chi connectivity index (χ3n) is 3.73. The van der Waals surface area contributed by atoms with Crippen molar-refractivity contribution in [2.24, 2.45) is 5.92 Å². The van der Waals surface area contributed by atoms with Gasteiger partial charge in [-0.25, -0.2) is 0 Å². The highest BCUT2D eigenvalue weighted by atomic mass is 35.5. The molecular formula is C18H17Cl2N3O4. The molecule has 1 unspecified atom stereocenters. The zero-order valence-electron chi connectivity index (χ0n) is 14.5. The number of nitro groups is 1. The molecule has 0 spiro atoms. The van der Waals surface area contributed by atoms with Crippen molar-refractivity contribution in [1.82, 2.24) is 5.32 Å². The topological polar surface area (TPSA) is 101 Å². The van der Waals surface area contributed by atoms with Gasteiger partial charge in [-0.1, -0.05) is 43.1 Å². The molecule has 2 aromatic rings. The van der Waals surface area contributed by atoms with Gasteiger partial charge in [-0.05, 0) is 36.2 Å². The van der Waals surface area contributed by atoms with Crippen LogP contribution in [0, 0.1) is 16.0 Å². The second kappa shape index (κ2) is 8.83. The molecule has 27 heavy (non-hydrogen) atoms. The van der Waals surface area contributed by atoms with E-state index >= 15 is 0 Å². The molecule has 2 N–H and O–H groups in total. The van der Waals surface area contributed by atoms with Crippen LogP contribution >= 0.6 is 23.2 Å². The van der Waals surface area contributed by atoms with Crippen molar-refractivity contribution in [3.05, 3.63) is 68.2 Å². The lowest BCUT2D eigenvalue weighted by molar-refractivity contribution is -0.384. The van der Waals surface area contributed by atoms with Gasteiger partial charge in [0.25, 0.3) is 11.6 Å². The molecule has 142 valence electrons. The average molecular weight is 410 g/mol. The minimum absolute atomic E-state index is 0.0345. The van der Waals surface area contributed by atoms with E-state index in [1.807, 2.05) is 0 Å². The fourth-order valence-electron chi connectivity index (χ4n) is 2.34. The summed E-state index contributed by atoms with van der Waals surface area (Å²) in [4.78, 5) is 35.3.